The minimum Gasteiger partial charge on any atom is -0.440 e. The van der Waals surface area contributed by atoms with Crippen molar-refractivity contribution in [3.63, 3.8) is 0 Å². The highest BCUT2D eigenvalue weighted by atomic mass is 16.3. The fourth-order valence-corrected chi connectivity index (χ4v) is 6.51. The molecule has 0 aliphatic heterocycles. The van der Waals surface area contributed by atoms with E-state index in [0.717, 1.165) is 44.4 Å². The second-order valence-electron chi connectivity index (χ2n) is 11.6. The number of rotatable bonds is 6. The summed E-state index contributed by atoms with van der Waals surface area (Å²) in [7, 11) is 0. The number of nitrogens with zero attached hydrogens (tertiary/aromatic N) is 1. The molecule has 0 spiro atoms. The van der Waals surface area contributed by atoms with E-state index in [1.54, 1.807) is 0 Å². The average Bonchev–Trinajstić information content (AvgIpc) is 3.41. The first-order chi connectivity index (χ1) is 22.7. The smallest absolute Gasteiger partial charge is 0.198 e. The van der Waals surface area contributed by atoms with Gasteiger partial charge in [0.05, 0.1) is 0 Å². The quantitative estimate of drug-likeness (QED) is 0.209. The van der Waals surface area contributed by atoms with Crippen molar-refractivity contribution in [3.8, 4) is 22.3 Å². The zero-order valence-corrected chi connectivity index (χ0v) is 25.5. The fraction of sp³-hybridized carbons (Fsp3) is 0.0233. The summed E-state index contributed by atoms with van der Waals surface area (Å²) in [6, 6.07) is 54.1. The molecule has 0 bridgehead atoms. The van der Waals surface area contributed by atoms with Crippen molar-refractivity contribution in [1.29, 1.82) is 0 Å². The highest BCUT2D eigenvalue weighted by molar-refractivity contribution is 6.03. The van der Waals surface area contributed by atoms with E-state index < -0.39 is 0 Å². The summed E-state index contributed by atoms with van der Waals surface area (Å²) in [4.78, 5) is 2.33. The lowest BCUT2D eigenvalue weighted by Gasteiger charge is -2.26. The first kappa shape index (κ1) is 27.5. The first-order valence-corrected chi connectivity index (χ1v) is 15.6. The van der Waals surface area contributed by atoms with E-state index in [0.29, 0.717) is 5.88 Å². The van der Waals surface area contributed by atoms with E-state index in [1.807, 2.05) is 19.1 Å². The van der Waals surface area contributed by atoms with Gasteiger partial charge in [-0.05, 0) is 99.3 Å². The van der Waals surface area contributed by atoms with Gasteiger partial charge in [-0.15, -0.1) is 0 Å². The number of hydrogen-bond donors (Lipinski definition) is 1. The summed E-state index contributed by atoms with van der Waals surface area (Å²) in [6.07, 6.45) is 4.00. The Balaban J connectivity index is 1.28. The van der Waals surface area contributed by atoms with Gasteiger partial charge in [0.1, 0.15) is 5.58 Å². The second-order valence-corrected chi connectivity index (χ2v) is 11.6. The summed E-state index contributed by atoms with van der Waals surface area (Å²) in [5.74, 6) is 0.439. The van der Waals surface area contributed by atoms with Crippen LogP contribution in [0.2, 0.25) is 0 Å². The Kier molecular flexibility index (Phi) is 6.85. The zero-order valence-electron chi connectivity index (χ0n) is 25.5. The number of allylic oxidation sites excluding steroid dienone is 1. The molecule has 0 saturated carbocycles. The Hall–Kier alpha value is -6.06. The van der Waals surface area contributed by atoms with Crippen LogP contribution in [0, 0.1) is 0 Å². The Morgan fingerprint density at radius 2 is 1.24 bits per heavy atom. The average molecular weight is 593 g/mol. The molecule has 0 unspecified atom stereocenters. The van der Waals surface area contributed by atoms with E-state index in [4.69, 9.17) is 10.2 Å². The molecular formula is C43H32N2O. The van der Waals surface area contributed by atoms with E-state index >= 15 is 0 Å². The van der Waals surface area contributed by atoms with Crippen LogP contribution in [0.25, 0.3) is 60.8 Å². The van der Waals surface area contributed by atoms with Gasteiger partial charge >= 0.3 is 0 Å². The van der Waals surface area contributed by atoms with Crippen molar-refractivity contribution in [3.05, 3.63) is 163 Å². The van der Waals surface area contributed by atoms with Gasteiger partial charge in [-0.3, -0.25) is 0 Å². The molecule has 220 valence electrons. The number of furan rings is 1. The fourth-order valence-electron chi connectivity index (χ4n) is 6.51. The molecule has 2 N–H and O–H groups in total. The second kappa shape index (κ2) is 11.5. The molecule has 0 aliphatic rings. The number of nitrogen functional groups attached to an aromatic ring is 1. The van der Waals surface area contributed by atoms with Gasteiger partial charge in [0.25, 0.3) is 0 Å². The molecule has 46 heavy (non-hydrogen) atoms. The van der Waals surface area contributed by atoms with Gasteiger partial charge in [-0.1, -0.05) is 115 Å². The predicted octanol–water partition coefficient (Wildman–Crippen LogP) is 12.2. The number of anilines is 4. The van der Waals surface area contributed by atoms with Crippen molar-refractivity contribution in [2.75, 3.05) is 10.6 Å². The van der Waals surface area contributed by atoms with Gasteiger partial charge in [-0.2, -0.15) is 0 Å². The van der Waals surface area contributed by atoms with Crippen LogP contribution in [0.15, 0.2) is 162 Å². The maximum absolute atomic E-state index is 6.25. The summed E-state index contributed by atoms with van der Waals surface area (Å²) >= 11 is 0. The van der Waals surface area contributed by atoms with Crippen LogP contribution in [0.5, 0.6) is 0 Å². The molecule has 0 radical (unpaired) electrons. The number of benzene rings is 7. The Morgan fingerprint density at radius 1 is 0.522 bits per heavy atom. The number of nitrogens with two attached hydrogens (primary N) is 1. The van der Waals surface area contributed by atoms with Crippen LogP contribution >= 0.6 is 0 Å². The SMILES string of the molecule is C/C=C\c1c(N)oc2cc3ccc(N(c4ccc(-c5cccc6ccccc56)cc4)c4cccc(-c5ccccc5)c4)cc3cc12. The molecular weight excluding hydrogens is 560 g/mol. The Bertz CT molecular complexity index is 2380. The molecule has 8 aromatic rings. The van der Waals surface area contributed by atoms with E-state index in [9.17, 15) is 0 Å². The minimum absolute atomic E-state index is 0.439. The molecule has 0 saturated heterocycles. The van der Waals surface area contributed by atoms with Crippen LogP contribution in [-0.2, 0) is 0 Å². The lowest BCUT2D eigenvalue weighted by molar-refractivity contribution is 0.637. The molecule has 0 atom stereocenters. The third-order valence-electron chi connectivity index (χ3n) is 8.73. The number of hydrogen-bond acceptors (Lipinski definition) is 3. The van der Waals surface area contributed by atoms with Crippen LogP contribution in [0.1, 0.15) is 12.5 Å². The molecule has 0 amide bonds. The van der Waals surface area contributed by atoms with Crippen molar-refractivity contribution in [1.82, 2.24) is 0 Å². The lowest BCUT2D eigenvalue weighted by atomic mass is 9.98. The topological polar surface area (TPSA) is 42.4 Å². The van der Waals surface area contributed by atoms with E-state index in [2.05, 4.69) is 157 Å². The largest absolute Gasteiger partial charge is 0.440 e. The van der Waals surface area contributed by atoms with Crippen molar-refractivity contribution < 1.29 is 4.42 Å². The van der Waals surface area contributed by atoms with E-state index in [-0.39, 0.29) is 0 Å². The zero-order chi connectivity index (χ0) is 31.0. The minimum atomic E-state index is 0.439. The van der Waals surface area contributed by atoms with Crippen LogP contribution < -0.4 is 10.6 Å². The molecule has 0 fully saturated rings. The highest BCUT2D eigenvalue weighted by Crippen LogP contribution is 2.40. The monoisotopic (exact) mass is 592 g/mol. The van der Waals surface area contributed by atoms with Crippen LogP contribution in [0.3, 0.4) is 0 Å². The van der Waals surface area contributed by atoms with Crippen molar-refractivity contribution in [2.24, 2.45) is 0 Å². The van der Waals surface area contributed by atoms with Gasteiger partial charge in [0.15, 0.2) is 5.88 Å². The van der Waals surface area contributed by atoms with Gasteiger partial charge in [0, 0.05) is 28.0 Å². The van der Waals surface area contributed by atoms with Crippen LogP contribution in [-0.4, -0.2) is 0 Å². The third-order valence-corrected chi connectivity index (χ3v) is 8.73. The maximum Gasteiger partial charge on any atom is 0.198 e. The summed E-state index contributed by atoms with van der Waals surface area (Å²) in [5, 5.41) is 5.72. The Morgan fingerprint density at radius 3 is 2.09 bits per heavy atom. The van der Waals surface area contributed by atoms with Gasteiger partial charge in [-0.25, -0.2) is 0 Å². The molecule has 1 aromatic heterocycles. The van der Waals surface area contributed by atoms with Crippen molar-refractivity contribution in [2.45, 2.75) is 6.92 Å². The number of fused-ring (bicyclic) bond motifs is 3. The lowest BCUT2D eigenvalue weighted by Crippen LogP contribution is -2.10. The van der Waals surface area contributed by atoms with Gasteiger partial charge < -0.3 is 15.1 Å². The molecule has 3 heteroatoms. The standard InChI is InChI=1S/C43H32N2O/c1-2-10-40-41-27-34-26-37(24-21-33(34)28-42(41)46-43(40)44)45(36-16-8-15-32(25-36)29-11-4-3-5-12-29)35-22-19-31(20-23-35)39-18-9-14-30-13-6-7-17-38(30)39/h2-28H,44H2,1H3/b10-2-. The molecule has 8 rings (SSSR count). The molecule has 0 aliphatic carbocycles. The maximum atomic E-state index is 6.25. The highest BCUT2D eigenvalue weighted by Gasteiger charge is 2.16. The summed E-state index contributed by atoms with van der Waals surface area (Å²) < 4.78 is 5.92. The van der Waals surface area contributed by atoms with Crippen molar-refractivity contribution >= 4 is 61.5 Å². The molecule has 7 aromatic carbocycles. The predicted molar refractivity (Wildman–Crippen MR) is 196 cm³/mol. The van der Waals surface area contributed by atoms with Crippen LogP contribution in [0.4, 0.5) is 22.9 Å². The normalized spacial score (nSPS) is 11.6. The Labute approximate surface area is 268 Å². The summed E-state index contributed by atoms with van der Waals surface area (Å²) in [5.41, 5.74) is 16.0. The third kappa shape index (κ3) is 4.89. The molecule has 3 nitrogen and oxygen atoms in total. The summed E-state index contributed by atoms with van der Waals surface area (Å²) in [6.45, 7) is 1.99. The molecule has 1 heterocycles. The van der Waals surface area contributed by atoms with Gasteiger partial charge in [0.2, 0.25) is 0 Å². The van der Waals surface area contributed by atoms with E-state index in [1.165, 1.54) is 33.0 Å². The first-order valence-electron chi connectivity index (χ1n) is 15.6.